The lowest BCUT2D eigenvalue weighted by Crippen LogP contribution is -2.16. The summed E-state index contributed by atoms with van der Waals surface area (Å²) in [7, 11) is 0. The molecule has 9 rings (SSSR count). The Hall–Kier alpha value is -6.18. The molecular weight excluding hydrogens is 627 g/mol. The molecule has 0 aliphatic heterocycles. The van der Waals surface area contributed by atoms with Crippen LogP contribution in [0, 0.1) is 13.8 Å². The van der Waals surface area contributed by atoms with Crippen LogP contribution in [0.5, 0.6) is 0 Å². The van der Waals surface area contributed by atoms with E-state index in [0.29, 0.717) is 0 Å². The highest BCUT2D eigenvalue weighted by atomic mass is 15.1. The molecule has 0 spiro atoms. The SMILES string of the molecule is Cc1ccccc1-c1cc2ccccc2cc1-c1ccc(N(c2ccc(-c3ccccc3)cc2)c2ccc3c(c2)C(C)(C)c2cccc(C)c2-3)cc1. The van der Waals surface area contributed by atoms with Gasteiger partial charge in [-0.2, -0.15) is 0 Å². The fourth-order valence-corrected chi connectivity index (χ4v) is 8.35. The van der Waals surface area contributed by atoms with Gasteiger partial charge in [-0.3, -0.25) is 0 Å². The lowest BCUT2D eigenvalue weighted by Gasteiger charge is -2.28. The van der Waals surface area contributed by atoms with E-state index in [1.165, 1.54) is 77.5 Å². The Bertz CT molecular complexity index is 2590. The minimum atomic E-state index is -0.0958. The predicted molar refractivity (Wildman–Crippen MR) is 222 cm³/mol. The third kappa shape index (κ3) is 5.33. The number of aryl methyl sites for hydroxylation is 2. The molecular formula is C51H41N. The zero-order valence-electron chi connectivity index (χ0n) is 30.2. The summed E-state index contributed by atoms with van der Waals surface area (Å²) in [6, 6.07) is 64.7. The second kappa shape index (κ2) is 12.5. The molecule has 0 unspecified atom stereocenters. The largest absolute Gasteiger partial charge is 0.310 e. The van der Waals surface area contributed by atoms with Crippen LogP contribution in [0.3, 0.4) is 0 Å². The zero-order valence-corrected chi connectivity index (χ0v) is 30.2. The van der Waals surface area contributed by atoms with Gasteiger partial charge >= 0.3 is 0 Å². The Balaban J connectivity index is 1.18. The van der Waals surface area contributed by atoms with Gasteiger partial charge in [0.1, 0.15) is 0 Å². The zero-order chi connectivity index (χ0) is 35.4. The Morgan fingerprint density at radius 3 is 1.62 bits per heavy atom. The van der Waals surface area contributed by atoms with E-state index in [0.717, 1.165) is 17.1 Å². The molecule has 0 bridgehead atoms. The molecule has 0 saturated carbocycles. The van der Waals surface area contributed by atoms with E-state index in [-0.39, 0.29) is 5.41 Å². The summed E-state index contributed by atoms with van der Waals surface area (Å²) in [5.41, 5.74) is 18.8. The summed E-state index contributed by atoms with van der Waals surface area (Å²) in [6.07, 6.45) is 0. The van der Waals surface area contributed by atoms with E-state index >= 15 is 0 Å². The number of anilines is 3. The van der Waals surface area contributed by atoms with Gasteiger partial charge in [-0.05, 0) is 140 Å². The van der Waals surface area contributed by atoms with E-state index < -0.39 is 0 Å². The Labute approximate surface area is 307 Å². The molecule has 0 atom stereocenters. The van der Waals surface area contributed by atoms with Crippen molar-refractivity contribution in [3.8, 4) is 44.5 Å². The fraction of sp³-hybridized carbons (Fsp3) is 0.0980. The summed E-state index contributed by atoms with van der Waals surface area (Å²) >= 11 is 0. The highest BCUT2D eigenvalue weighted by Gasteiger charge is 2.36. The highest BCUT2D eigenvalue weighted by Crippen LogP contribution is 2.52. The maximum Gasteiger partial charge on any atom is 0.0465 e. The smallest absolute Gasteiger partial charge is 0.0465 e. The first-order valence-corrected chi connectivity index (χ1v) is 18.3. The van der Waals surface area contributed by atoms with Crippen LogP contribution in [0.15, 0.2) is 176 Å². The third-order valence-electron chi connectivity index (χ3n) is 11.1. The molecule has 0 radical (unpaired) electrons. The van der Waals surface area contributed by atoms with Gasteiger partial charge in [-0.15, -0.1) is 0 Å². The van der Waals surface area contributed by atoms with Crippen LogP contribution in [0.2, 0.25) is 0 Å². The molecule has 1 aliphatic carbocycles. The topological polar surface area (TPSA) is 3.24 Å². The second-order valence-electron chi connectivity index (χ2n) is 14.7. The molecule has 0 fully saturated rings. The second-order valence-corrected chi connectivity index (χ2v) is 14.7. The van der Waals surface area contributed by atoms with Gasteiger partial charge in [0, 0.05) is 22.5 Å². The molecule has 0 N–H and O–H groups in total. The highest BCUT2D eigenvalue weighted by molar-refractivity contribution is 5.97. The number of nitrogens with zero attached hydrogens (tertiary/aromatic N) is 1. The summed E-state index contributed by atoms with van der Waals surface area (Å²) in [5, 5.41) is 2.50. The molecule has 250 valence electrons. The minimum Gasteiger partial charge on any atom is -0.310 e. The van der Waals surface area contributed by atoms with Crippen LogP contribution in [0.1, 0.15) is 36.1 Å². The monoisotopic (exact) mass is 667 g/mol. The molecule has 1 heteroatoms. The number of hydrogen-bond donors (Lipinski definition) is 0. The van der Waals surface area contributed by atoms with Gasteiger partial charge in [-0.25, -0.2) is 0 Å². The molecule has 0 aromatic heterocycles. The molecule has 52 heavy (non-hydrogen) atoms. The van der Waals surface area contributed by atoms with Crippen LogP contribution < -0.4 is 4.90 Å². The van der Waals surface area contributed by atoms with Gasteiger partial charge in [0.25, 0.3) is 0 Å². The molecule has 0 saturated heterocycles. The molecule has 1 aliphatic rings. The van der Waals surface area contributed by atoms with E-state index in [4.69, 9.17) is 0 Å². The third-order valence-corrected chi connectivity index (χ3v) is 11.1. The van der Waals surface area contributed by atoms with Crippen molar-refractivity contribution >= 4 is 27.8 Å². The fourth-order valence-electron chi connectivity index (χ4n) is 8.35. The maximum atomic E-state index is 2.42. The van der Waals surface area contributed by atoms with Crippen molar-refractivity contribution in [2.24, 2.45) is 0 Å². The van der Waals surface area contributed by atoms with Crippen molar-refractivity contribution < 1.29 is 0 Å². The number of benzene rings is 8. The molecule has 0 amide bonds. The summed E-state index contributed by atoms with van der Waals surface area (Å²) in [4.78, 5) is 2.41. The van der Waals surface area contributed by atoms with Crippen LogP contribution >= 0.6 is 0 Å². The van der Waals surface area contributed by atoms with Crippen molar-refractivity contribution in [2.75, 3.05) is 4.90 Å². The molecule has 8 aromatic carbocycles. The summed E-state index contributed by atoms with van der Waals surface area (Å²) in [5.74, 6) is 0. The lowest BCUT2D eigenvalue weighted by molar-refractivity contribution is 0.660. The summed E-state index contributed by atoms with van der Waals surface area (Å²) < 4.78 is 0. The first-order chi connectivity index (χ1) is 25.4. The standard InChI is InChI=1S/C51H41N/c1-34-13-8-11-19-44(34)47-32-40-18-10-9-17-39(40)31-46(47)38-23-27-42(28-24-38)52(41-25-21-37(22-26-41)36-15-6-5-7-16-36)43-29-30-45-49(33-43)51(3,4)48-20-12-14-35(2)50(45)48/h5-33H,1-4H3. The van der Waals surface area contributed by atoms with Crippen LogP contribution in [0.4, 0.5) is 17.1 Å². The minimum absolute atomic E-state index is 0.0958. The van der Waals surface area contributed by atoms with Gasteiger partial charge in [0.05, 0.1) is 0 Å². The van der Waals surface area contributed by atoms with E-state index in [1.807, 2.05) is 0 Å². The van der Waals surface area contributed by atoms with Crippen molar-refractivity contribution in [2.45, 2.75) is 33.1 Å². The van der Waals surface area contributed by atoms with Gasteiger partial charge in [0.15, 0.2) is 0 Å². The summed E-state index contributed by atoms with van der Waals surface area (Å²) in [6.45, 7) is 9.17. The average molecular weight is 668 g/mol. The first-order valence-electron chi connectivity index (χ1n) is 18.3. The Morgan fingerprint density at radius 1 is 0.365 bits per heavy atom. The Morgan fingerprint density at radius 2 is 0.923 bits per heavy atom. The van der Waals surface area contributed by atoms with E-state index in [9.17, 15) is 0 Å². The lowest BCUT2D eigenvalue weighted by atomic mass is 9.82. The quantitative estimate of drug-likeness (QED) is 0.171. The molecule has 1 nitrogen and oxygen atoms in total. The van der Waals surface area contributed by atoms with Crippen LogP contribution in [-0.2, 0) is 5.41 Å². The van der Waals surface area contributed by atoms with Crippen molar-refractivity contribution in [1.29, 1.82) is 0 Å². The molecule has 8 aromatic rings. The van der Waals surface area contributed by atoms with Gasteiger partial charge < -0.3 is 4.90 Å². The van der Waals surface area contributed by atoms with Crippen molar-refractivity contribution in [3.05, 3.63) is 198 Å². The van der Waals surface area contributed by atoms with Crippen molar-refractivity contribution in [1.82, 2.24) is 0 Å². The van der Waals surface area contributed by atoms with Gasteiger partial charge in [-0.1, -0.05) is 141 Å². The van der Waals surface area contributed by atoms with Gasteiger partial charge in [0.2, 0.25) is 0 Å². The van der Waals surface area contributed by atoms with Crippen molar-refractivity contribution in [3.63, 3.8) is 0 Å². The Kier molecular flexibility index (Phi) is 7.67. The first kappa shape index (κ1) is 31.8. The average Bonchev–Trinajstić information content (AvgIpc) is 3.42. The molecule has 0 heterocycles. The number of fused-ring (bicyclic) bond motifs is 4. The number of rotatable bonds is 6. The number of hydrogen-bond acceptors (Lipinski definition) is 1. The predicted octanol–water partition coefficient (Wildman–Crippen LogP) is 14.2. The van der Waals surface area contributed by atoms with E-state index in [1.54, 1.807) is 0 Å². The maximum absolute atomic E-state index is 2.42. The van der Waals surface area contributed by atoms with E-state index in [2.05, 4.69) is 209 Å². The normalized spacial score (nSPS) is 12.8. The van der Waals surface area contributed by atoms with Crippen LogP contribution in [-0.4, -0.2) is 0 Å². The van der Waals surface area contributed by atoms with Crippen LogP contribution in [0.25, 0.3) is 55.3 Å².